The number of anilines is 1. The third-order valence-electron chi connectivity index (χ3n) is 6.28. The predicted molar refractivity (Wildman–Crippen MR) is 125 cm³/mol. The number of amides is 2. The first-order chi connectivity index (χ1) is 15.5. The Morgan fingerprint density at radius 1 is 1.09 bits per heavy atom. The molecule has 2 aromatic rings. The van der Waals surface area contributed by atoms with E-state index in [4.69, 9.17) is 9.47 Å². The third kappa shape index (κ3) is 4.37. The summed E-state index contributed by atoms with van der Waals surface area (Å²) in [6, 6.07) is 12.0. The van der Waals surface area contributed by atoms with Crippen LogP contribution in [0.3, 0.4) is 0 Å². The molecule has 1 unspecified atom stereocenters. The number of fused-ring (bicyclic) bond motifs is 1. The van der Waals surface area contributed by atoms with Crippen LogP contribution in [0.2, 0.25) is 0 Å². The summed E-state index contributed by atoms with van der Waals surface area (Å²) >= 11 is 0. The molecule has 0 bridgehead atoms. The van der Waals surface area contributed by atoms with Gasteiger partial charge in [0, 0.05) is 42.7 Å². The fraction of sp³-hybridized carbons (Fsp3) is 0.462. The summed E-state index contributed by atoms with van der Waals surface area (Å²) in [6.45, 7) is 8.86. The minimum absolute atomic E-state index is 0.0406. The van der Waals surface area contributed by atoms with Crippen LogP contribution in [0.5, 0.6) is 5.75 Å². The highest BCUT2D eigenvalue weighted by atomic mass is 16.5. The monoisotopic (exact) mass is 436 g/mol. The van der Waals surface area contributed by atoms with E-state index < -0.39 is 0 Å². The molecular formula is C26H32N2O4. The molecule has 0 N–H and O–H groups in total. The molecular weight excluding hydrogens is 404 g/mol. The van der Waals surface area contributed by atoms with Gasteiger partial charge in [-0.15, -0.1) is 0 Å². The number of hydrogen-bond acceptors (Lipinski definition) is 4. The molecule has 0 radical (unpaired) electrons. The fourth-order valence-electron chi connectivity index (χ4n) is 4.62. The maximum Gasteiger partial charge on any atom is 0.254 e. The van der Waals surface area contributed by atoms with E-state index in [-0.39, 0.29) is 17.9 Å². The highest BCUT2D eigenvalue weighted by Gasteiger charge is 2.30. The number of ether oxygens (including phenoxy) is 2. The van der Waals surface area contributed by atoms with Crippen LogP contribution in [0, 0.1) is 0 Å². The molecule has 170 valence electrons. The number of hydrogen-bond donors (Lipinski definition) is 0. The zero-order chi connectivity index (χ0) is 22.7. The normalized spacial score (nSPS) is 18.3. The lowest BCUT2D eigenvalue weighted by atomic mass is 9.91. The highest BCUT2D eigenvalue weighted by Crippen LogP contribution is 2.43. The lowest BCUT2D eigenvalue weighted by molar-refractivity contribution is -0.117. The average Bonchev–Trinajstić information content (AvgIpc) is 2.82. The number of rotatable bonds is 5. The zero-order valence-electron chi connectivity index (χ0n) is 19.2. The van der Waals surface area contributed by atoms with Gasteiger partial charge < -0.3 is 19.3 Å². The van der Waals surface area contributed by atoms with Crippen LogP contribution < -0.4 is 9.64 Å². The smallest absolute Gasteiger partial charge is 0.254 e. The zero-order valence-corrected chi connectivity index (χ0v) is 19.2. The van der Waals surface area contributed by atoms with Gasteiger partial charge in [0.2, 0.25) is 5.91 Å². The van der Waals surface area contributed by atoms with Crippen LogP contribution in [0.15, 0.2) is 36.4 Å². The summed E-state index contributed by atoms with van der Waals surface area (Å²) in [5.41, 5.74) is 4.73. The molecule has 2 heterocycles. The summed E-state index contributed by atoms with van der Waals surface area (Å²) in [5, 5.41) is 0. The van der Waals surface area contributed by atoms with Gasteiger partial charge in [0.15, 0.2) is 0 Å². The Balaban J connectivity index is 1.68. The lowest BCUT2D eigenvalue weighted by Crippen LogP contribution is -2.40. The van der Waals surface area contributed by atoms with Gasteiger partial charge in [-0.05, 0) is 56.0 Å². The van der Waals surface area contributed by atoms with Gasteiger partial charge in [0.1, 0.15) is 5.75 Å². The summed E-state index contributed by atoms with van der Waals surface area (Å²) in [4.78, 5) is 28.8. The van der Waals surface area contributed by atoms with Crippen LogP contribution in [0.25, 0.3) is 11.1 Å². The first-order valence-corrected chi connectivity index (χ1v) is 11.6. The van der Waals surface area contributed by atoms with Gasteiger partial charge in [-0.25, -0.2) is 0 Å². The highest BCUT2D eigenvalue weighted by molar-refractivity contribution is 5.96. The van der Waals surface area contributed by atoms with E-state index in [0.29, 0.717) is 38.5 Å². The molecule has 1 atom stereocenters. The summed E-state index contributed by atoms with van der Waals surface area (Å²) in [5.74, 6) is 0.951. The Morgan fingerprint density at radius 2 is 1.81 bits per heavy atom. The standard InChI is InChI=1S/C26H32N2O4/c1-4-15-32-25-22(11-12-24-23(25)10-5-18(2)28(24)19(3)29)20-6-8-21(9-7-20)26(30)27-13-16-31-17-14-27/h6-9,11-12,18H,4-5,10,13-17H2,1-3H3. The Bertz CT molecular complexity index is 980. The molecule has 4 rings (SSSR count). The van der Waals surface area contributed by atoms with Crippen LogP contribution in [-0.4, -0.2) is 55.7 Å². The molecule has 0 spiro atoms. The first kappa shape index (κ1) is 22.3. The topological polar surface area (TPSA) is 59.1 Å². The minimum Gasteiger partial charge on any atom is -0.493 e. The summed E-state index contributed by atoms with van der Waals surface area (Å²) < 4.78 is 11.6. The molecule has 6 heteroatoms. The van der Waals surface area contributed by atoms with Crippen molar-refractivity contribution in [3.8, 4) is 16.9 Å². The van der Waals surface area contributed by atoms with Gasteiger partial charge >= 0.3 is 0 Å². The van der Waals surface area contributed by atoms with E-state index in [0.717, 1.165) is 47.4 Å². The molecule has 0 saturated carbocycles. The van der Waals surface area contributed by atoms with Crippen molar-refractivity contribution >= 4 is 17.5 Å². The molecule has 6 nitrogen and oxygen atoms in total. The van der Waals surface area contributed by atoms with Crippen molar-refractivity contribution < 1.29 is 19.1 Å². The second-order valence-electron chi connectivity index (χ2n) is 8.55. The van der Waals surface area contributed by atoms with Crippen molar-refractivity contribution in [1.29, 1.82) is 0 Å². The molecule has 2 aliphatic rings. The Hall–Kier alpha value is -2.86. The molecule has 0 aromatic heterocycles. The van der Waals surface area contributed by atoms with E-state index in [9.17, 15) is 9.59 Å². The van der Waals surface area contributed by atoms with Gasteiger partial charge in [0.25, 0.3) is 5.91 Å². The number of morpholine rings is 1. The van der Waals surface area contributed by atoms with Crippen molar-refractivity contribution in [3.63, 3.8) is 0 Å². The minimum atomic E-state index is 0.0406. The molecule has 2 aliphatic heterocycles. The third-order valence-corrected chi connectivity index (χ3v) is 6.28. The van der Waals surface area contributed by atoms with E-state index in [1.165, 1.54) is 0 Å². The van der Waals surface area contributed by atoms with Crippen molar-refractivity contribution in [2.45, 2.75) is 46.1 Å². The molecule has 2 aromatic carbocycles. The SMILES string of the molecule is CCCOc1c(-c2ccc(C(=O)N3CCOCC3)cc2)ccc2c1CCC(C)N2C(C)=O. The fourth-order valence-corrected chi connectivity index (χ4v) is 4.62. The van der Waals surface area contributed by atoms with Gasteiger partial charge in [0.05, 0.1) is 25.5 Å². The van der Waals surface area contributed by atoms with Crippen LogP contribution in [-0.2, 0) is 16.0 Å². The van der Waals surface area contributed by atoms with Gasteiger partial charge in [-0.2, -0.15) is 0 Å². The molecule has 2 amide bonds. The average molecular weight is 437 g/mol. The second-order valence-corrected chi connectivity index (χ2v) is 8.55. The van der Waals surface area contributed by atoms with Crippen LogP contribution in [0.1, 0.15) is 49.5 Å². The molecule has 1 saturated heterocycles. The first-order valence-electron chi connectivity index (χ1n) is 11.6. The number of carbonyl (C=O) groups is 2. The van der Waals surface area contributed by atoms with Crippen molar-refractivity contribution in [2.24, 2.45) is 0 Å². The summed E-state index contributed by atoms with van der Waals surface area (Å²) in [7, 11) is 0. The van der Waals surface area contributed by atoms with Crippen molar-refractivity contribution in [3.05, 3.63) is 47.5 Å². The van der Waals surface area contributed by atoms with E-state index in [2.05, 4.69) is 13.8 Å². The van der Waals surface area contributed by atoms with Gasteiger partial charge in [-0.1, -0.05) is 19.1 Å². The lowest BCUT2D eigenvalue weighted by Gasteiger charge is -2.36. The second kappa shape index (κ2) is 9.74. The van der Waals surface area contributed by atoms with Gasteiger partial charge in [-0.3, -0.25) is 9.59 Å². The number of benzene rings is 2. The van der Waals surface area contributed by atoms with Crippen LogP contribution in [0.4, 0.5) is 5.69 Å². The Morgan fingerprint density at radius 3 is 2.47 bits per heavy atom. The molecule has 32 heavy (non-hydrogen) atoms. The number of nitrogens with zero attached hydrogens (tertiary/aromatic N) is 2. The Kier molecular flexibility index (Phi) is 6.80. The van der Waals surface area contributed by atoms with Crippen molar-refractivity contribution in [2.75, 3.05) is 37.8 Å². The summed E-state index contributed by atoms with van der Waals surface area (Å²) in [6.07, 6.45) is 2.69. The van der Waals surface area contributed by atoms with E-state index in [1.54, 1.807) is 6.92 Å². The Labute approximate surface area is 190 Å². The van der Waals surface area contributed by atoms with Crippen LogP contribution >= 0.6 is 0 Å². The maximum absolute atomic E-state index is 12.8. The molecule has 1 fully saturated rings. The van der Waals surface area contributed by atoms with E-state index >= 15 is 0 Å². The van der Waals surface area contributed by atoms with E-state index in [1.807, 2.05) is 46.2 Å². The number of carbonyl (C=O) groups excluding carboxylic acids is 2. The largest absolute Gasteiger partial charge is 0.493 e. The van der Waals surface area contributed by atoms with Crippen molar-refractivity contribution in [1.82, 2.24) is 4.90 Å². The quantitative estimate of drug-likeness (QED) is 0.701. The molecule has 0 aliphatic carbocycles. The predicted octanol–water partition coefficient (Wildman–Crippen LogP) is 4.30. The maximum atomic E-state index is 12.8.